The molecule has 0 unspecified atom stereocenters. The minimum absolute atomic E-state index is 0.0634. The van der Waals surface area contributed by atoms with E-state index in [-0.39, 0.29) is 11.9 Å². The summed E-state index contributed by atoms with van der Waals surface area (Å²) in [6.07, 6.45) is 3.44. The first kappa shape index (κ1) is 15.4. The summed E-state index contributed by atoms with van der Waals surface area (Å²) in [5, 5.41) is 5.60. The molecule has 3 amide bonds. The van der Waals surface area contributed by atoms with Crippen LogP contribution in [0.4, 0.5) is 10.5 Å². The quantitative estimate of drug-likeness (QED) is 0.799. The van der Waals surface area contributed by atoms with E-state index in [0.29, 0.717) is 23.1 Å². The molecule has 1 saturated carbocycles. The van der Waals surface area contributed by atoms with E-state index in [9.17, 15) is 9.59 Å². The number of hydrogen-bond acceptors (Lipinski definition) is 2. The maximum Gasteiger partial charge on any atom is 0.316 e. The van der Waals surface area contributed by atoms with Gasteiger partial charge in [0.1, 0.15) is 0 Å². The van der Waals surface area contributed by atoms with Gasteiger partial charge in [0.2, 0.25) is 0 Å². The number of anilines is 1. The molecule has 5 heteroatoms. The first-order valence-electron chi connectivity index (χ1n) is 7.44. The van der Waals surface area contributed by atoms with Gasteiger partial charge in [-0.25, -0.2) is 4.79 Å². The van der Waals surface area contributed by atoms with Gasteiger partial charge in [0.25, 0.3) is 5.91 Å². The van der Waals surface area contributed by atoms with Crippen LogP contribution >= 0.6 is 0 Å². The molecule has 0 aliphatic heterocycles. The summed E-state index contributed by atoms with van der Waals surface area (Å²) in [6, 6.07) is 6.36. The molecule has 3 atom stereocenters. The van der Waals surface area contributed by atoms with Crippen LogP contribution in [0.25, 0.3) is 0 Å². The average Bonchev–Trinajstić information content (AvgIpc) is 2.44. The third-order valence-corrected chi connectivity index (χ3v) is 4.44. The second-order valence-corrected chi connectivity index (χ2v) is 5.91. The molecular formula is C16H23N3O2. The summed E-state index contributed by atoms with van der Waals surface area (Å²) in [5.74, 6) is 1.08. The van der Waals surface area contributed by atoms with Crippen LogP contribution in [0.1, 0.15) is 43.5 Å². The number of carbonyl (C=O) groups excluding carboxylic acids is 2. The highest BCUT2D eigenvalue weighted by Crippen LogP contribution is 2.29. The van der Waals surface area contributed by atoms with Crippen LogP contribution in [0.2, 0.25) is 0 Å². The summed E-state index contributed by atoms with van der Waals surface area (Å²) >= 11 is 0. The molecule has 114 valence electrons. The number of benzene rings is 1. The molecule has 1 aliphatic rings. The molecule has 0 radical (unpaired) electrons. The lowest BCUT2D eigenvalue weighted by Gasteiger charge is -2.34. The fourth-order valence-electron chi connectivity index (χ4n) is 2.88. The lowest BCUT2D eigenvalue weighted by atomic mass is 9.78. The zero-order valence-corrected chi connectivity index (χ0v) is 12.6. The van der Waals surface area contributed by atoms with E-state index in [2.05, 4.69) is 24.5 Å². The Balaban J connectivity index is 1.98. The highest BCUT2D eigenvalue weighted by Gasteiger charge is 2.28. The van der Waals surface area contributed by atoms with Crippen molar-refractivity contribution < 1.29 is 9.59 Å². The normalized spacial score (nSPS) is 25.1. The van der Waals surface area contributed by atoms with Crippen molar-refractivity contribution >= 4 is 17.6 Å². The summed E-state index contributed by atoms with van der Waals surface area (Å²) in [6.45, 7) is 4.45. The van der Waals surface area contributed by atoms with Gasteiger partial charge in [-0.2, -0.15) is 0 Å². The van der Waals surface area contributed by atoms with Gasteiger partial charge >= 0.3 is 6.03 Å². The fourth-order valence-corrected chi connectivity index (χ4v) is 2.88. The van der Waals surface area contributed by atoms with E-state index in [1.165, 1.54) is 6.42 Å². The van der Waals surface area contributed by atoms with E-state index in [0.717, 1.165) is 12.8 Å². The van der Waals surface area contributed by atoms with E-state index >= 15 is 0 Å². The first-order chi connectivity index (χ1) is 9.97. The van der Waals surface area contributed by atoms with Crippen LogP contribution in [0.3, 0.4) is 0 Å². The van der Waals surface area contributed by atoms with Gasteiger partial charge < -0.3 is 16.4 Å². The Morgan fingerprint density at radius 1 is 1.14 bits per heavy atom. The van der Waals surface area contributed by atoms with E-state index < -0.39 is 6.03 Å². The SMILES string of the molecule is C[C@@H]1[C@H](C)CCC[C@H]1NC(=O)c1ccc(NC(N)=O)cc1. The Morgan fingerprint density at radius 2 is 1.81 bits per heavy atom. The van der Waals surface area contributed by atoms with Crippen molar-refractivity contribution in [2.45, 2.75) is 39.2 Å². The van der Waals surface area contributed by atoms with Crippen LogP contribution in [0, 0.1) is 11.8 Å². The molecule has 1 aromatic carbocycles. The number of rotatable bonds is 3. The zero-order chi connectivity index (χ0) is 15.4. The number of primary amides is 1. The molecule has 0 bridgehead atoms. The highest BCUT2D eigenvalue weighted by atomic mass is 16.2. The van der Waals surface area contributed by atoms with Gasteiger partial charge in [0, 0.05) is 17.3 Å². The number of nitrogens with one attached hydrogen (secondary N) is 2. The molecule has 0 spiro atoms. The molecule has 5 nitrogen and oxygen atoms in total. The maximum absolute atomic E-state index is 12.3. The van der Waals surface area contributed by atoms with Gasteiger partial charge in [0.05, 0.1) is 0 Å². The number of carbonyl (C=O) groups is 2. The van der Waals surface area contributed by atoms with E-state index in [1.807, 2.05) is 0 Å². The van der Waals surface area contributed by atoms with Gasteiger partial charge in [-0.1, -0.05) is 26.7 Å². The van der Waals surface area contributed by atoms with Gasteiger partial charge in [-0.15, -0.1) is 0 Å². The molecule has 1 aromatic rings. The number of amides is 3. The van der Waals surface area contributed by atoms with Crippen molar-refractivity contribution in [1.29, 1.82) is 0 Å². The predicted molar refractivity (Wildman–Crippen MR) is 83.1 cm³/mol. The second kappa shape index (κ2) is 6.61. The van der Waals surface area contributed by atoms with Gasteiger partial charge in [0.15, 0.2) is 0 Å². The second-order valence-electron chi connectivity index (χ2n) is 5.91. The Hall–Kier alpha value is -2.04. The molecule has 4 N–H and O–H groups in total. The van der Waals surface area contributed by atoms with Crippen molar-refractivity contribution in [2.75, 3.05) is 5.32 Å². The molecule has 0 saturated heterocycles. The molecule has 21 heavy (non-hydrogen) atoms. The summed E-state index contributed by atoms with van der Waals surface area (Å²) < 4.78 is 0. The van der Waals surface area contributed by atoms with Crippen LogP contribution in [-0.4, -0.2) is 18.0 Å². The van der Waals surface area contributed by atoms with Crippen molar-refractivity contribution in [3.63, 3.8) is 0 Å². The summed E-state index contributed by atoms with van der Waals surface area (Å²) in [4.78, 5) is 23.0. The van der Waals surface area contributed by atoms with Gasteiger partial charge in [-0.3, -0.25) is 4.79 Å². The van der Waals surface area contributed by atoms with Crippen molar-refractivity contribution in [3.05, 3.63) is 29.8 Å². The summed E-state index contributed by atoms with van der Waals surface area (Å²) in [5.41, 5.74) is 6.22. The first-order valence-corrected chi connectivity index (χ1v) is 7.44. The predicted octanol–water partition coefficient (Wildman–Crippen LogP) is 2.73. The van der Waals surface area contributed by atoms with Crippen LogP contribution in [-0.2, 0) is 0 Å². The number of hydrogen-bond donors (Lipinski definition) is 3. The molecular weight excluding hydrogens is 266 g/mol. The highest BCUT2D eigenvalue weighted by molar-refractivity contribution is 5.95. The number of urea groups is 1. The van der Waals surface area contributed by atoms with E-state index in [1.54, 1.807) is 24.3 Å². The molecule has 2 rings (SSSR count). The molecule has 0 heterocycles. The smallest absolute Gasteiger partial charge is 0.316 e. The number of nitrogens with two attached hydrogens (primary N) is 1. The maximum atomic E-state index is 12.3. The third-order valence-electron chi connectivity index (χ3n) is 4.44. The van der Waals surface area contributed by atoms with Crippen molar-refractivity contribution in [3.8, 4) is 0 Å². The minimum atomic E-state index is -0.614. The zero-order valence-electron chi connectivity index (χ0n) is 12.6. The monoisotopic (exact) mass is 289 g/mol. The van der Waals surface area contributed by atoms with Crippen molar-refractivity contribution in [1.82, 2.24) is 5.32 Å². The third kappa shape index (κ3) is 3.97. The Bertz CT molecular complexity index is 513. The Kier molecular flexibility index (Phi) is 4.83. The fraction of sp³-hybridized carbons (Fsp3) is 0.500. The Labute approximate surface area is 125 Å². The van der Waals surface area contributed by atoms with Crippen LogP contribution in [0.5, 0.6) is 0 Å². The topological polar surface area (TPSA) is 84.2 Å². The minimum Gasteiger partial charge on any atom is -0.351 e. The van der Waals surface area contributed by atoms with Crippen LogP contribution in [0.15, 0.2) is 24.3 Å². The van der Waals surface area contributed by atoms with E-state index in [4.69, 9.17) is 5.73 Å². The lowest BCUT2D eigenvalue weighted by Crippen LogP contribution is -2.43. The Morgan fingerprint density at radius 3 is 2.43 bits per heavy atom. The molecule has 0 aromatic heterocycles. The van der Waals surface area contributed by atoms with Gasteiger partial charge in [-0.05, 0) is 42.5 Å². The largest absolute Gasteiger partial charge is 0.351 e. The standard InChI is InChI=1S/C16H23N3O2/c1-10-4-3-5-14(11(10)2)19-15(20)12-6-8-13(9-7-12)18-16(17)21/h6-11,14H,3-5H2,1-2H3,(H,19,20)(H3,17,18,21)/t10-,11-,14-/m1/s1. The molecule has 1 aliphatic carbocycles. The summed E-state index contributed by atoms with van der Waals surface area (Å²) in [7, 11) is 0. The lowest BCUT2D eigenvalue weighted by molar-refractivity contribution is 0.0891. The van der Waals surface area contributed by atoms with Crippen LogP contribution < -0.4 is 16.4 Å². The average molecular weight is 289 g/mol. The molecule has 1 fully saturated rings. The van der Waals surface area contributed by atoms with Crippen molar-refractivity contribution in [2.24, 2.45) is 17.6 Å².